The van der Waals surface area contributed by atoms with Crippen molar-refractivity contribution < 1.29 is 0 Å². The Morgan fingerprint density at radius 1 is 1.50 bits per heavy atom. The Morgan fingerprint density at radius 3 is 2.75 bits per heavy atom. The Bertz CT molecular complexity index is 576. The van der Waals surface area contributed by atoms with Gasteiger partial charge >= 0.3 is 0 Å². The van der Waals surface area contributed by atoms with Gasteiger partial charge in [0, 0.05) is 43.9 Å². The lowest BCUT2D eigenvalue weighted by atomic mass is 10.00. The number of likely N-dealkylation sites (tertiary alicyclic amines) is 1. The van der Waals surface area contributed by atoms with Gasteiger partial charge in [0.15, 0.2) is 0 Å². The lowest BCUT2D eigenvalue weighted by Gasteiger charge is -2.37. The Balaban J connectivity index is 2.21. The Morgan fingerprint density at radius 2 is 2.20 bits per heavy atom. The molecule has 1 aromatic rings. The summed E-state index contributed by atoms with van der Waals surface area (Å²) in [6, 6.07) is 0. The molecule has 1 fully saturated rings. The molecule has 0 saturated carbocycles. The lowest BCUT2D eigenvalue weighted by molar-refractivity contribution is 0.121. The Hall–Kier alpha value is -1.68. The number of hydrogen-bond acceptors (Lipinski definition) is 3. The highest BCUT2D eigenvalue weighted by molar-refractivity contribution is 5.44. The van der Waals surface area contributed by atoms with Gasteiger partial charge in [-0.05, 0) is 26.8 Å². The normalized spacial score (nSPS) is 15.8. The van der Waals surface area contributed by atoms with Crippen molar-refractivity contribution in [2.24, 2.45) is 5.92 Å². The highest BCUT2D eigenvalue weighted by atomic mass is 16.1. The van der Waals surface area contributed by atoms with Crippen molar-refractivity contribution in [3.8, 4) is 0 Å². The zero-order valence-corrected chi connectivity index (χ0v) is 12.6. The van der Waals surface area contributed by atoms with Crippen molar-refractivity contribution in [2.75, 3.05) is 13.1 Å². The molecule has 108 valence electrons. The summed E-state index contributed by atoms with van der Waals surface area (Å²) in [6.07, 6.45) is 5.66. The molecule has 1 aliphatic rings. The topological polar surface area (TPSA) is 38.1 Å². The zero-order valence-electron chi connectivity index (χ0n) is 12.6. The van der Waals surface area contributed by atoms with Crippen LogP contribution in [0.15, 0.2) is 29.2 Å². The van der Waals surface area contributed by atoms with Gasteiger partial charge in [0.2, 0.25) is 0 Å². The molecule has 0 radical (unpaired) electrons. The van der Waals surface area contributed by atoms with Gasteiger partial charge in [-0.15, -0.1) is 6.58 Å². The van der Waals surface area contributed by atoms with Gasteiger partial charge in [0.1, 0.15) is 5.82 Å². The van der Waals surface area contributed by atoms with E-state index in [4.69, 9.17) is 0 Å². The van der Waals surface area contributed by atoms with Crippen molar-refractivity contribution in [3.05, 3.63) is 46.2 Å². The maximum atomic E-state index is 12.5. The molecule has 4 heteroatoms. The minimum absolute atomic E-state index is 0.0806. The zero-order chi connectivity index (χ0) is 14.7. The van der Waals surface area contributed by atoms with E-state index in [0.717, 1.165) is 30.1 Å². The van der Waals surface area contributed by atoms with Crippen LogP contribution in [0.4, 0.5) is 0 Å². The SMILES string of the molecule is C=CC1CN(Cc2cnc(C=C(C)C)n(CC)c2=O)C1. The first-order valence-corrected chi connectivity index (χ1v) is 7.13. The molecule has 1 aliphatic heterocycles. The first-order valence-electron chi connectivity index (χ1n) is 7.13. The van der Waals surface area contributed by atoms with Crippen LogP contribution in [-0.2, 0) is 13.1 Å². The van der Waals surface area contributed by atoms with Crippen LogP contribution in [0.1, 0.15) is 32.2 Å². The number of allylic oxidation sites excluding steroid dienone is 1. The summed E-state index contributed by atoms with van der Waals surface area (Å²) in [6.45, 7) is 13.1. The highest BCUT2D eigenvalue weighted by Gasteiger charge is 2.24. The van der Waals surface area contributed by atoms with Gasteiger partial charge in [-0.2, -0.15) is 0 Å². The van der Waals surface area contributed by atoms with E-state index in [0.29, 0.717) is 19.0 Å². The predicted molar refractivity (Wildman–Crippen MR) is 82.5 cm³/mol. The second kappa shape index (κ2) is 6.18. The van der Waals surface area contributed by atoms with Crippen LogP contribution in [-0.4, -0.2) is 27.5 Å². The standard InChI is InChI=1S/C16H23N3O/c1-5-13-9-18(10-13)11-14-8-17-15(7-12(3)4)19(6-2)16(14)20/h5,7-8,13H,1,6,9-11H2,2-4H3. The van der Waals surface area contributed by atoms with Crippen molar-refractivity contribution in [1.82, 2.24) is 14.5 Å². The molecule has 0 unspecified atom stereocenters. The molecule has 0 bridgehead atoms. The van der Waals surface area contributed by atoms with E-state index in [9.17, 15) is 4.79 Å². The van der Waals surface area contributed by atoms with Crippen molar-refractivity contribution in [3.63, 3.8) is 0 Å². The van der Waals surface area contributed by atoms with Gasteiger partial charge in [-0.3, -0.25) is 14.3 Å². The largest absolute Gasteiger partial charge is 0.298 e. The quantitative estimate of drug-likeness (QED) is 0.773. The summed E-state index contributed by atoms with van der Waals surface area (Å²) in [5.74, 6) is 1.31. The van der Waals surface area contributed by atoms with Gasteiger partial charge in [0.25, 0.3) is 5.56 Å². The molecule has 0 amide bonds. The molecule has 2 rings (SSSR count). The van der Waals surface area contributed by atoms with Gasteiger partial charge < -0.3 is 0 Å². The van der Waals surface area contributed by atoms with E-state index >= 15 is 0 Å². The van der Waals surface area contributed by atoms with Crippen LogP contribution >= 0.6 is 0 Å². The second-order valence-electron chi connectivity index (χ2n) is 5.60. The van der Waals surface area contributed by atoms with E-state index in [1.165, 1.54) is 0 Å². The first-order chi connectivity index (χ1) is 9.55. The molecule has 0 aromatic carbocycles. The lowest BCUT2D eigenvalue weighted by Crippen LogP contribution is -2.46. The maximum absolute atomic E-state index is 12.5. The van der Waals surface area contributed by atoms with Crippen LogP contribution < -0.4 is 5.56 Å². The van der Waals surface area contributed by atoms with Crippen molar-refractivity contribution in [2.45, 2.75) is 33.9 Å². The molecule has 1 saturated heterocycles. The molecule has 4 nitrogen and oxygen atoms in total. The van der Waals surface area contributed by atoms with Crippen LogP contribution in [0, 0.1) is 5.92 Å². The fourth-order valence-electron chi connectivity index (χ4n) is 2.46. The summed E-state index contributed by atoms with van der Waals surface area (Å²) in [5, 5.41) is 0. The van der Waals surface area contributed by atoms with Crippen molar-refractivity contribution in [1.29, 1.82) is 0 Å². The smallest absolute Gasteiger partial charge is 0.258 e. The Labute approximate surface area is 120 Å². The fraction of sp³-hybridized carbons (Fsp3) is 0.500. The minimum Gasteiger partial charge on any atom is -0.298 e. The maximum Gasteiger partial charge on any atom is 0.258 e. The molecule has 0 aliphatic carbocycles. The average molecular weight is 273 g/mol. The molecular weight excluding hydrogens is 250 g/mol. The molecular formula is C16H23N3O. The number of nitrogens with zero attached hydrogens (tertiary/aromatic N) is 3. The van der Waals surface area contributed by atoms with E-state index in [-0.39, 0.29) is 5.56 Å². The summed E-state index contributed by atoms with van der Waals surface area (Å²) in [5.41, 5.74) is 2.00. The molecule has 2 heterocycles. The van der Waals surface area contributed by atoms with Gasteiger partial charge in [-0.25, -0.2) is 4.98 Å². The summed E-state index contributed by atoms with van der Waals surface area (Å²) < 4.78 is 1.74. The third-order valence-corrected chi connectivity index (χ3v) is 3.60. The van der Waals surface area contributed by atoms with E-state index in [1.807, 2.05) is 32.9 Å². The first kappa shape index (κ1) is 14.7. The molecule has 1 aromatic heterocycles. The molecule has 0 N–H and O–H groups in total. The third-order valence-electron chi connectivity index (χ3n) is 3.60. The van der Waals surface area contributed by atoms with Crippen LogP contribution in [0.3, 0.4) is 0 Å². The third kappa shape index (κ3) is 3.07. The van der Waals surface area contributed by atoms with Crippen molar-refractivity contribution >= 4 is 6.08 Å². The number of rotatable bonds is 5. The Kier molecular flexibility index (Phi) is 4.55. The summed E-state index contributed by atoms with van der Waals surface area (Å²) >= 11 is 0. The molecule has 20 heavy (non-hydrogen) atoms. The molecule has 0 spiro atoms. The summed E-state index contributed by atoms with van der Waals surface area (Å²) in [7, 11) is 0. The monoisotopic (exact) mass is 273 g/mol. The predicted octanol–water partition coefficient (Wildman–Crippen LogP) is 2.30. The van der Waals surface area contributed by atoms with Gasteiger partial charge in [-0.1, -0.05) is 11.6 Å². The average Bonchev–Trinajstić information content (AvgIpc) is 2.35. The molecule has 0 atom stereocenters. The van der Waals surface area contributed by atoms with Crippen LogP contribution in [0.2, 0.25) is 0 Å². The van der Waals surface area contributed by atoms with Gasteiger partial charge in [0.05, 0.1) is 0 Å². The fourth-order valence-corrected chi connectivity index (χ4v) is 2.46. The van der Waals surface area contributed by atoms with E-state index in [1.54, 1.807) is 10.8 Å². The van der Waals surface area contributed by atoms with E-state index < -0.39 is 0 Å². The van der Waals surface area contributed by atoms with Crippen LogP contribution in [0.5, 0.6) is 0 Å². The van der Waals surface area contributed by atoms with E-state index in [2.05, 4.69) is 16.5 Å². The van der Waals surface area contributed by atoms with Crippen LogP contribution in [0.25, 0.3) is 6.08 Å². The highest BCUT2D eigenvalue weighted by Crippen LogP contribution is 2.17. The second-order valence-corrected chi connectivity index (χ2v) is 5.60. The minimum atomic E-state index is 0.0806. The number of aromatic nitrogens is 2. The summed E-state index contributed by atoms with van der Waals surface area (Å²) in [4.78, 5) is 19.2. The number of hydrogen-bond donors (Lipinski definition) is 0.